The molecule has 1 saturated heterocycles. The van der Waals surface area contributed by atoms with Crippen molar-refractivity contribution >= 4 is 11.8 Å². The first-order chi connectivity index (χ1) is 5.93. The van der Waals surface area contributed by atoms with Gasteiger partial charge < -0.3 is 9.84 Å². The molecule has 0 spiro atoms. The van der Waals surface area contributed by atoms with Gasteiger partial charge in [-0.25, -0.2) is 0 Å². The molecule has 0 aromatic heterocycles. The number of aliphatic hydroxyl groups excluding tert-OH is 1. The molecular formula is C9H18O2S. The largest absolute Gasteiger partial charge is 0.396 e. The summed E-state index contributed by atoms with van der Waals surface area (Å²) in [4.78, 5) is 0. The number of hydrogen-bond acceptors (Lipinski definition) is 3. The van der Waals surface area contributed by atoms with E-state index in [1.165, 1.54) is 18.6 Å². The standard InChI is InChI=1S/C9H18O2S/c10-4-1-7-12-8-9-2-5-11-6-3-9/h9-10H,1-8H2. The summed E-state index contributed by atoms with van der Waals surface area (Å²) >= 11 is 1.97. The van der Waals surface area contributed by atoms with Crippen LogP contribution in [-0.2, 0) is 4.74 Å². The second-order valence-electron chi connectivity index (χ2n) is 3.21. The number of hydrogen-bond donors (Lipinski definition) is 1. The van der Waals surface area contributed by atoms with Crippen molar-refractivity contribution in [3.63, 3.8) is 0 Å². The lowest BCUT2D eigenvalue weighted by Gasteiger charge is -2.21. The van der Waals surface area contributed by atoms with Crippen LogP contribution in [0.5, 0.6) is 0 Å². The molecular weight excluding hydrogens is 172 g/mol. The van der Waals surface area contributed by atoms with E-state index in [0.717, 1.165) is 31.3 Å². The molecule has 2 nitrogen and oxygen atoms in total. The van der Waals surface area contributed by atoms with E-state index < -0.39 is 0 Å². The average Bonchev–Trinajstić information content (AvgIpc) is 2.14. The maximum Gasteiger partial charge on any atom is 0.0468 e. The van der Waals surface area contributed by atoms with E-state index in [2.05, 4.69) is 0 Å². The molecule has 0 unspecified atom stereocenters. The van der Waals surface area contributed by atoms with E-state index in [4.69, 9.17) is 9.84 Å². The highest BCUT2D eigenvalue weighted by atomic mass is 32.2. The Bertz CT molecular complexity index is 103. The summed E-state index contributed by atoms with van der Waals surface area (Å²) in [6.45, 7) is 2.23. The molecule has 1 aliphatic heterocycles. The molecule has 1 heterocycles. The number of rotatable bonds is 5. The van der Waals surface area contributed by atoms with Crippen molar-refractivity contribution in [2.45, 2.75) is 19.3 Å². The van der Waals surface area contributed by atoms with Crippen LogP contribution < -0.4 is 0 Å². The molecule has 0 aliphatic carbocycles. The van der Waals surface area contributed by atoms with Gasteiger partial charge in [-0.2, -0.15) is 11.8 Å². The van der Waals surface area contributed by atoms with Gasteiger partial charge in [-0.3, -0.25) is 0 Å². The van der Waals surface area contributed by atoms with Crippen LogP contribution in [-0.4, -0.2) is 36.4 Å². The third-order valence-electron chi connectivity index (χ3n) is 2.14. The molecule has 0 bridgehead atoms. The Morgan fingerprint density at radius 2 is 2.08 bits per heavy atom. The lowest BCUT2D eigenvalue weighted by Crippen LogP contribution is -2.17. The van der Waals surface area contributed by atoms with Crippen LogP contribution in [0.3, 0.4) is 0 Å². The molecule has 1 fully saturated rings. The highest BCUT2D eigenvalue weighted by Crippen LogP contribution is 2.19. The van der Waals surface area contributed by atoms with Gasteiger partial charge >= 0.3 is 0 Å². The fourth-order valence-electron chi connectivity index (χ4n) is 1.33. The minimum atomic E-state index is 0.334. The molecule has 3 heteroatoms. The van der Waals surface area contributed by atoms with Crippen LogP contribution >= 0.6 is 11.8 Å². The first-order valence-electron chi connectivity index (χ1n) is 4.70. The number of ether oxygens (including phenoxy) is 1. The normalized spacial score (nSPS) is 19.8. The Morgan fingerprint density at radius 1 is 1.33 bits per heavy atom. The van der Waals surface area contributed by atoms with Crippen LogP contribution in [0.15, 0.2) is 0 Å². The maximum absolute atomic E-state index is 8.57. The summed E-state index contributed by atoms with van der Waals surface area (Å²) < 4.78 is 5.28. The van der Waals surface area contributed by atoms with Crippen molar-refractivity contribution in [1.82, 2.24) is 0 Å². The summed E-state index contributed by atoms with van der Waals surface area (Å²) in [5.41, 5.74) is 0. The van der Waals surface area contributed by atoms with E-state index >= 15 is 0 Å². The Kier molecular flexibility index (Phi) is 5.82. The molecule has 0 amide bonds. The third-order valence-corrected chi connectivity index (χ3v) is 3.43. The van der Waals surface area contributed by atoms with Crippen molar-refractivity contribution in [2.24, 2.45) is 5.92 Å². The lowest BCUT2D eigenvalue weighted by molar-refractivity contribution is 0.0728. The fraction of sp³-hybridized carbons (Fsp3) is 1.00. The number of thioether (sulfide) groups is 1. The Labute approximate surface area is 78.7 Å². The fourth-order valence-corrected chi connectivity index (χ4v) is 2.50. The molecule has 12 heavy (non-hydrogen) atoms. The molecule has 1 rings (SSSR count). The smallest absolute Gasteiger partial charge is 0.0468 e. The van der Waals surface area contributed by atoms with Crippen LogP contribution in [0, 0.1) is 5.92 Å². The molecule has 1 N–H and O–H groups in total. The van der Waals surface area contributed by atoms with E-state index in [9.17, 15) is 0 Å². The Balaban J connectivity index is 1.91. The van der Waals surface area contributed by atoms with Gasteiger partial charge in [0.15, 0.2) is 0 Å². The van der Waals surface area contributed by atoms with E-state index in [1.807, 2.05) is 11.8 Å². The molecule has 0 atom stereocenters. The predicted octanol–water partition coefficient (Wildman–Crippen LogP) is 1.53. The number of aliphatic hydroxyl groups is 1. The molecule has 72 valence electrons. The SMILES string of the molecule is OCCCSCC1CCOCC1. The van der Waals surface area contributed by atoms with Crippen molar-refractivity contribution in [3.05, 3.63) is 0 Å². The van der Waals surface area contributed by atoms with Crippen molar-refractivity contribution in [3.8, 4) is 0 Å². The Hall–Kier alpha value is 0.270. The average molecular weight is 190 g/mol. The maximum atomic E-state index is 8.57. The zero-order valence-electron chi connectivity index (χ0n) is 7.50. The highest BCUT2D eigenvalue weighted by Gasteiger charge is 2.12. The quantitative estimate of drug-likeness (QED) is 0.667. The van der Waals surface area contributed by atoms with Gasteiger partial charge in [-0.05, 0) is 36.7 Å². The first-order valence-corrected chi connectivity index (χ1v) is 5.85. The lowest BCUT2D eigenvalue weighted by atomic mass is 10.0. The molecule has 0 aromatic rings. The highest BCUT2D eigenvalue weighted by molar-refractivity contribution is 7.99. The van der Waals surface area contributed by atoms with Crippen molar-refractivity contribution < 1.29 is 9.84 Å². The van der Waals surface area contributed by atoms with Gasteiger partial charge in [0.2, 0.25) is 0 Å². The summed E-state index contributed by atoms with van der Waals surface area (Å²) in [5, 5.41) is 8.57. The van der Waals surface area contributed by atoms with Gasteiger partial charge in [-0.1, -0.05) is 0 Å². The Morgan fingerprint density at radius 3 is 2.75 bits per heavy atom. The molecule has 0 saturated carbocycles. The van der Waals surface area contributed by atoms with Crippen LogP contribution in [0.4, 0.5) is 0 Å². The monoisotopic (exact) mass is 190 g/mol. The second kappa shape index (κ2) is 6.75. The zero-order chi connectivity index (χ0) is 8.65. The van der Waals surface area contributed by atoms with E-state index in [0.29, 0.717) is 6.61 Å². The molecule has 0 aromatic carbocycles. The topological polar surface area (TPSA) is 29.5 Å². The van der Waals surface area contributed by atoms with Gasteiger partial charge in [0.1, 0.15) is 0 Å². The minimum absolute atomic E-state index is 0.334. The van der Waals surface area contributed by atoms with Gasteiger partial charge in [0, 0.05) is 19.8 Å². The molecule has 0 radical (unpaired) electrons. The van der Waals surface area contributed by atoms with Gasteiger partial charge in [0.05, 0.1) is 0 Å². The second-order valence-corrected chi connectivity index (χ2v) is 4.36. The van der Waals surface area contributed by atoms with Crippen LogP contribution in [0.25, 0.3) is 0 Å². The summed E-state index contributed by atoms with van der Waals surface area (Å²) in [6.07, 6.45) is 3.39. The van der Waals surface area contributed by atoms with Crippen LogP contribution in [0.1, 0.15) is 19.3 Å². The summed E-state index contributed by atoms with van der Waals surface area (Å²) in [5.74, 6) is 3.22. The van der Waals surface area contributed by atoms with E-state index in [-0.39, 0.29) is 0 Å². The third kappa shape index (κ3) is 4.33. The molecule has 1 aliphatic rings. The van der Waals surface area contributed by atoms with Crippen LogP contribution in [0.2, 0.25) is 0 Å². The summed E-state index contributed by atoms with van der Waals surface area (Å²) in [6, 6.07) is 0. The van der Waals surface area contributed by atoms with Crippen molar-refractivity contribution in [1.29, 1.82) is 0 Å². The van der Waals surface area contributed by atoms with Gasteiger partial charge in [0.25, 0.3) is 0 Å². The summed E-state index contributed by atoms with van der Waals surface area (Å²) in [7, 11) is 0. The van der Waals surface area contributed by atoms with E-state index in [1.54, 1.807) is 0 Å². The minimum Gasteiger partial charge on any atom is -0.396 e. The first kappa shape index (κ1) is 10.4. The predicted molar refractivity (Wildman–Crippen MR) is 52.6 cm³/mol. The van der Waals surface area contributed by atoms with Gasteiger partial charge in [-0.15, -0.1) is 0 Å². The zero-order valence-corrected chi connectivity index (χ0v) is 8.31. The van der Waals surface area contributed by atoms with Crippen molar-refractivity contribution in [2.75, 3.05) is 31.3 Å².